The van der Waals surface area contributed by atoms with Gasteiger partial charge in [-0.2, -0.15) is 0 Å². The zero-order valence-electron chi connectivity index (χ0n) is 15.7. The van der Waals surface area contributed by atoms with Gasteiger partial charge in [-0.25, -0.2) is 4.79 Å². The highest BCUT2D eigenvalue weighted by Crippen LogP contribution is 2.34. The molecule has 3 rings (SSSR count). The summed E-state index contributed by atoms with van der Waals surface area (Å²) >= 11 is 4.02. The van der Waals surface area contributed by atoms with Crippen molar-refractivity contribution < 1.29 is 29.5 Å². The lowest BCUT2D eigenvalue weighted by atomic mass is 9.85. The number of nitrogens with two attached hydrogens (primary N) is 1. The predicted molar refractivity (Wildman–Crippen MR) is 124 cm³/mol. The zero-order chi connectivity index (χ0) is 20.9. The number of benzene rings is 2. The monoisotopic (exact) mass is 622 g/mol. The van der Waals surface area contributed by atoms with E-state index in [2.05, 4.69) is 27.9 Å². The molecule has 0 radical (unpaired) electrons. The van der Waals surface area contributed by atoms with Crippen LogP contribution in [0.5, 0.6) is 5.75 Å². The van der Waals surface area contributed by atoms with Gasteiger partial charge in [0.05, 0.1) is 23.1 Å². The Hall–Kier alpha value is -1.40. The van der Waals surface area contributed by atoms with Crippen LogP contribution in [0.4, 0.5) is 0 Å². The molecular formula is C21H22I2NO5+. The standard InChI is InChI=1S/C21H21I2NO5/c22-15-12-16(19(26)17(23)13-15)20(27)28-11-6-18(25)29-21(7-9-24-10-8-21)14-4-2-1-3-5-14/h1-5,12-13,24,26H,6-11H2/p+1. The molecule has 2 aromatic carbocycles. The molecule has 154 valence electrons. The summed E-state index contributed by atoms with van der Waals surface area (Å²) in [7, 11) is 0. The lowest BCUT2D eigenvalue weighted by Gasteiger charge is -2.36. The van der Waals surface area contributed by atoms with Gasteiger partial charge in [-0.1, -0.05) is 30.3 Å². The largest absolute Gasteiger partial charge is 0.506 e. The van der Waals surface area contributed by atoms with Crippen LogP contribution >= 0.6 is 45.2 Å². The number of esters is 2. The van der Waals surface area contributed by atoms with Crippen LogP contribution in [-0.2, 0) is 19.9 Å². The van der Waals surface area contributed by atoms with Gasteiger partial charge in [0, 0.05) is 16.4 Å². The summed E-state index contributed by atoms with van der Waals surface area (Å²) in [6.45, 7) is 1.68. The number of ether oxygens (including phenoxy) is 2. The van der Waals surface area contributed by atoms with Crippen molar-refractivity contribution in [3.8, 4) is 5.75 Å². The molecule has 0 bridgehead atoms. The van der Waals surface area contributed by atoms with Gasteiger partial charge in [0.1, 0.15) is 23.5 Å². The van der Waals surface area contributed by atoms with Gasteiger partial charge in [-0.05, 0) is 62.9 Å². The van der Waals surface area contributed by atoms with Gasteiger partial charge >= 0.3 is 11.9 Å². The van der Waals surface area contributed by atoms with Crippen molar-refractivity contribution in [2.24, 2.45) is 0 Å². The topological polar surface area (TPSA) is 89.4 Å². The molecule has 1 saturated heterocycles. The Morgan fingerprint density at radius 1 is 1.10 bits per heavy atom. The van der Waals surface area contributed by atoms with Crippen LogP contribution in [0.15, 0.2) is 42.5 Å². The van der Waals surface area contributed by atoms with Crippen LogP contribution in [0.25, 0.3) is 0 Å². The Bertz CT molecular complexity index is 882. The highest BCUT2D eigenvalue weighted by atomic mass is 127. The van der Waals surface area contributed by atoms with Crippen LogP contribution in [0.2, 0.25) is 0 Å². The maximum atomic E-state index is 12.5. The second-order valence-electron chi connectivity index (χ2n) is 6.87. The molecule has 2 aromatic rings. The minimum atomic E-state index is -0.656. The summed E-state index contributed by atoms with van der Waals surface area (Å²) in [6, 6.07) is 13.1. The van der Waals surface area contributed by atoms with Crippen molar-refractivity contribution >= 4 is 57.1 Å². The molecule has 0 aromatic heterocycles. The number of carbonyl (C=O) groups excluding carboxylic acids is 2. The summed E-state index contributed by atoms with van der Waals surface area (Å²) in [5, 5.41) is 12.3. The molecule has 1 aliphatic rings. The molecule has 8 heteroatoms. The molecule has 1 heterocycles. The number of phenolic OH excluding ortho intramolecular Hbond substituents is 1. The Morgan fingerprint density at radius 3 is 2.48 bits per heavy atom. The molecule has 0 amide bonds. The van der Waals surface area contributed by atoms with E-state index in [1.807, 2.05) is 52.9 Å². The number of phenols is 1. The minimum Gasteiger partial charge on any atom is -0.506 e. The quantitative estimate of drug-likeness (QED) is 0.383. The molecule has 29 heavy (non-hydrogen) atoms. The second kappa shape index (κ2) is 10.1. The number of halogens is 2. The first-order valence-electron chi connectivity index (χ1n) is 9.35. The first kappa shape index (κ1) is 22.3. The summed E-state index contributed by atoms with van der Waals surface area (Å²) < 4.78 is 12.5. The van der Waals surface area contributed by atoms with Crippen LogP contribution in [-0.4, -0.2) is 36.7 Å². The summed E-state index contributed by atoms with van der Waals surface area (Å²) in [5.74, 6) is -1.16. The maximum absolute atomic E-state index is 12.5. The Kier molecular flexibility index (Phi) is 7.74. The fourth-order valence-corrected chi connectivity index (χ4v) is 5.27. The normalized spacial score (nSPS) is 15.5. The molecule has 0 spiro atoms. The van der Waals surface area contributed by atoms with E-state index in [-0.39, 0.29) is 24.3 Å². The van der Waals surface area contributed by atoms with Gasteiger partial charge in [-0.3, -0.25) is 4.79 Å². The van der Waals surface area contributed by atoms with E-state index in [9.17, 15) is 14.7 Å². The zero-order valence-corrected chi connectivity index (χ0v) is 20.0. The van der Waals surface area contributed by atoms with Crippen molar-refractivity contribution in [3.63, 3.8) is 0 Å². The number of rotatable bonds is 6. The van der Waals surface area contributed by atoms with Crippen molar-refractivity contribution in [1.82, 2.24) is 0 Å². The summed E-state index contributed by atoms with van der Waals surface area (Å²) in [6.07, 6.45) is 1.46. The van der Waals surface area contributed by atoms with Crippen molar-refractivity contribution in [2.75, 3.05) is 19.7 Å². The van der Waals surface area contributed by atoms with E-state index in [4.69, 9.17) is 9.47 Å². The van der Waals surface area contributed by atoms with Crippen molar-refractivity contribution in [2.45, 2.75) is 24.9 Å². The van der Waals surface area contributed by atoms with Gasteiger partial charge in [-0.15, -0.1) is 0 Å². The number of aromatic hydroxyl groups is 1. The van der Waals surface area contributed by atoms with Crippen molar-refractivity contribution in [3.05, 3.63) is 60.7 Å². The van der Waals surface area contributed by atoms with Gasteiger partial charge < -0.3 is 19.9 Å². The molecule has 0 saturated carbocycles. The van der Waals surface area contributed by atoms with Crippen LogP contribution in [0.3, 0.4) is 0 Å². The van der Waals surface area contributed by atoms with Crippen LogP contribution in [0, 0.1) is 7.14 Å². The summed E-state index contributed by atoms with van der Waals surface area (Å²) in [4.78, 5) is 24.8. The average molecular weight is 622 g/mol. The third kappa shape index (κ3) is 5.60. The number of piperidine rings is 1. The molecular weight excluding hydrogens is 600 g/mol. The number of carbonyl (C=O) groups is 2. The van der Waals surface area contributed by atoms with E-state index >= 15 is 0 Å². The number of hydrogen-bond donors (Lipinski definition) is 2. The Labute approximate surface area is 196 Å². The molecule has 1 aliphatic heterocycles. The second-order valence-corrected chi connectivity index (χ2v) is 9.28. The molecule has 3 N–H and O–H groups in total. The lowest BCUT2D eigenvalue weighted by Crippen LogP contribution is -2.87. The highest BCUT2D eigenvalue weighted by molar-refractivity contribution is 14.1. The highest BCUT2D eigenvalue weighted by Gasteiger charge is 2.39. The van der Waals surface area contributed by atoms with Gasteiger partial charge in [0.15, 0.2) is 0 Å². The number of quaternary nitrogens is 1. The predicted octanol–water partition coefficient (Wildman–Crippen LogP) is 2.94. The van der Waals surface area contributed by atoms with E-state index in [0.29, 0.717) is 3.57 Å². The van der Waals surface area contributed by atoms with E-state index in [1.54, 1.807) is 12.1 Å². The van der Waals surface area contributed by atoms with Crippen molar-refractivity contribution in [1.29, 1.82) is 0 Å². The van der Waals surface area contributed by atoms with Crippen LogP contribution in [0.1, 0.15) is 35.2 Å². The fraction of sp³-hybridized carbons (Fsp3) is 0.333. The fourth-order valence-electron chi connectivity index (χ4n) is 3.43. The van der Waals surface area contributed by atoms with Crippen LogP contribution < -0.4 is 5.32 Å². The smallest absolute Gasteiger partial charge is 0.342 e. The molecule has 0 aliphatic carbocycles. The molecule has 0 unspecified atom stereocenters. The molecule has 1 fully saturated rings. The lowest BCUT2D eigenvalue weighted by molar-refractivity contribution is -0.668. The van der Waals surface area contributed by atoms with E-state index in [0.717, 1.165) is 35.1 Å². The maximum Gasteiger partial charge on any atom is 0.342 e. The average Bonchev–Trinajstić information content (AvgIpc) is 2.72. The minimum absolute atomic E-state index is 0.0359. The summed E-state index contributed by atoms with van der Waals surface area (Å²) in [5.41, 5.74) is 0.469. The van der Waals surface area contributed by atoms with E-state index in [1.165, 1.54) is 0 Å². The first-order valence-corrected chi connectivity index (χ1v) is 11.5. The Morgan fingerprint density at radius 2 is 1.79 bits per heavy atom. The molecule has 0 atom stereocenters. The third-order valence-electron chi connectivity index (χ3n) is 4.90. The first-order chi connectivity index (χ1) is 13.9. The van der Waals surface area contributed by atoms with E-state index < -0.39 is 17.5 Å². The van der Waals surface area contributed by atoms with Gasteiger partial charge in [0.2, 0.25) is 0 Å². The SMILES string of the molecule is O=C(CCOC(=O)c1cc(I)cc(I)c1O)OC1(c2ccccc2)CC[NH2+]CC1. The third-order valence-corrected chi connectivity index (χ3v) is 6.35. The molecule has 6 nitrogen and oxygen atoms in total. The Balaban J connectivity index is 1.60. The van der Waals surface area contributed by atoms with Gasteiger partial charge in [0.25, 0.3) is 0 Å². The number of hydrogen-bond acceptors (Lipinski definition) is 5.